The lowest BCUT2D eigenvalue weighted by molar-refractivity contribution is 0.0950. The van der Waals surface area contributed by atoms with Crippen LogP contribution in [0.3, 0.4) is 0 Å². The van der Waals surface area contributed by atoms with E-state index in [1.807, 2.05) is 0 Å². The number of carbonyl (C=O) groups excluding carboxylic acids is 1. The number of hydrogen-bond acceptors (Lipinski definition) is 4. The van der Waals surface area contributed by atoms with Crippen LogP contribution in [0.25, 0.3) is 0 Å². The third kappa shape index (κ3) is 2.85. The van der Waals surface area contributed by atoms with Crippen molar-refractivity contribution < 1.29 is 9.18 Å². The molecular formula is C12H11FN4O. The molecule has 0 saturated heterocycles. The van der Waals surface area contributed by atoms with Gasteiger partial charge in [0.25, 0.3) is 5.91 Å². The molecule has 1 N–H and O–H groups in total. The molecule has 1 amide bonds. The number of amides is 1. The first kappa shape index (κ1) is 12.1. The lowest BCUT2D eigenvalue weighted by Gasteiger charge is -2.05. The van der Waals surface area contributed by atoms with Crippen molar-refractivity contribution >= 4 is 5.91 Å². The summed E-state index contributed by atoms with van der Waals surface area (Å²) in [5.74, 6) is -0.198. The Bertz CT molecular complexity index is 556. The van der Waals surface area contributed by atoms with E-state index in [0.29, 0.717) is 17.0 Å². The van der Waals surface area contributed by atoms with Gasteiger partial charge in [0, 0.05) is 30.7 Å². The maximum atomic E-state index is 13.3. The van der Waals surface area contributed by atoms with E-state index in [1.54, 1.807) is 6.92 Å². The maximum absolute atomic E-state index is 13.3. The van der Waals surface area contributed by atoms with Crippen LogP contribution >= 0.6 is 0 Å². The number of carbonyl (C=O) groups is 1. The Morgan fingerprint density at radius 1 is 1.33 bits per heavy atom. The first-order chi connectivity index (χ1) is 8.66. The Kier molecular flexibility index (Phi) is 3.57. The molecule has 5 nitrogen and oxygen atoms in total. The van der Waals surface area contributed by atoms with Crippen LogP contribution in [-0.2, 0) is 6.54 Å². The van der Waals surface area contributed by atoms with Crippen LogP contribution in [0.1, 0.15) is 21.7 Å². The van der Waals surface area contributed by atoms with E-state index in [4.69, 9.17) is 0 Å². The third-order valence-corrected chi connectivity index (χ3v) is 2.34. The molecule has 0 aliphatic heterocycles. The molecule has 2 heterocycles. The van der Waals surface area contributed by atoms with Crippen molar-refractivity contribution in [2.75, 3.05) is 0 Å². The van der Waals surface area contributed by atoms with Gasteiger partial charge < -0.3 is 5.32 Å². The van der Waals surface area contributed by atoms with E-state index >= 15 is 0 Å². The summed E-state index contributed by atoms with van der Waals surface area (Å²) in [5, 5.41) is 2.59. The first-order valence-corrected chi connectivity index (χ1v) is 5.32. The Hall–Kier alpha value is -2.37. The van der Waals surface area contributed by atoms with Crippen LogP contribution in [0.15, 0.2) is 30.9 Å². The largest absolute Gasteiger partial charge is 0.348 e. The number of nitrogens with zero attached hydrogens (tertiary/aromatic N) is 3. The predicted octanol–water partition coefficient (Wildman–Crippen LogP) is 1.25. The highest BCUT2D eigenvalue weighted by molar-refractivity contribution is 5.93. The fourth-order valence-corrected chi connectivity index (χ4v) is 1.33. The quantitative estimate of drug-likeness (QED) is 0.885. The van der Waals surface area contributed by atoms with E-state index in [9.17, 15) is 9.18 Å². The molecule has 0 atom stereocenters. The lowest BCUT2D eigenvalue weighted by atomic mass is 10.2. The van der Waals surface area contributed by atoms with E-state index in [-0.39, 0.29) is 12.5 Å². The fourth-order valence-electron chi connectivity index (χ4n) is 1.33. The Balaban J connectivity index is 2.01. The minimum atomic E-state index is -0.446. The molecule has 0 spiro atoms. The molecule has 92 valence electrons. The molecule has 0 fully saturated rings. The van der Waals surface area contributed by atoms with Gasteiger partial charge in [-0.15, -0.1) is 0 Å². The molecule has 2 rings (SSSR count). The molecule has 0 bridgehead atoms. The monoisotopic (exact) mass is 246 g/mol. The van der Waals surface area contributed by atoms with Gasteiger partial charge in [-0.05, 0) is 13.0 Å². The minimum Gasteiger partial charge on any atom is -0.348 e. The minimum absolute atomic E-state index is 0.0983. The van der Waals surface area contributed by atoms with Gasteiger partial charge in [-0.25, -0.2) is 14.4 Å². The van der Waals surface area contributed by atoms with Gasteiger partial charge in [-0.2, -0.15) is 0 Å². The van der Waals surface area contributed by atoms with Crippen LogP contribution in [0.5, 0.6) is 0 Å². The number of aromatic nitrogens is 3. The Morgan fingerprint density at radius 3 is 2.72 bits per heavy atom. The van der Waals surface area contributed by atoms with Crippen molar-refractivity contribution in [1.82, 2.24) is 20.3 Å². The van der Waals surface area contributed by atoms with E-state index < -0.39 is 5.82 Å². The molecule has 0 radical (unpaired) electrons. The number of halogens is 1. The summed E-state index contributed by atoms with van der Waals surface area (Å²) in [5.41, 5.74) is 0.724. The lowest BCUT2D eigenvalue weighted by Crippen LogP contribution is -2.23. The van der Waals surface area contributed by atoms with Crippen LogP contribution in [0, 0.1) is 12.7 Å². The number of pyridine rings is 1. The number of nitrogens with one attached hydrogen (secondary N) is 1. The zero-order chi connectivity index (χ0) is 13.0. The van der Waals surface area contributed by atoms with Crippen LogP contribution < -0.4 is 5.32 Å². The first-order valence-electron chi connectivity index (χ1n) is 5.32. The van der Waals surface area contributed by atoms with Crippen molar-refractivity contribution in [2.24, 2.45) is 0 Å². The van der Waals surface area contributed by atoms with Gasteiger partial charge in [0.1, 0.15) is 11.6 Å². The van der Waals surface area contributed by atoms with Crippen molar-refractivity contribution in [3.63, 3.8) is 0 Å². The Morgan fingerprint density at radius 2 is 2.06 bits per heavy atom. The van der Waals surface area contributed by atoms with Crippen LogP contribution in [0.2, 0.25) is 0 Å². The predicted molar refractivity (Wildman–Crippen MR) is 62.1 cm³/mol. The topological polar surface area (TPSA) is 67.8 Å². The SMILES string of the molecule is Cc1ncc(C(=O)NCc2ccncc2F)cn1. The Labute approximate surface area is 103 Å². The molecule has 6 heteroatoms. The van der Waals surface area contributed by atoms with E-state index in [2.05, 4.69) is 20.3 Å². The van der Waals surface area contributed by atoms with Crippen molar-refractivity contribution in [1.29, 1.82) is 0 Å². The second-order valence-corrected chi connectivity index (χ2v) is 3.67. The fraction of sp³-hybridized carbons (Fsp3) is 0.167. The summed E-state index contributed by atoms with van der Waals surface area (Å²) >= 11 is 0. The molecule has 2 aromatic heterocycles. The van der Waals surface area contributed by atoms with Crippen LogP contribution in [0.4, 0.5) is 4.39 Å². The zero-order valence-corrected chi connectivity index (χ0v) is 9.72. The van der Waals surface area contributed by atoms with Crippen molar-refractivity contribution in [3.8, 4) is 0 Å². The molecule has 0 unspecified atom stereocenters. The van der Waals surface area contributed by atoms with Crippen LogP contribution in [-0.4, -0.2) is 20.9 Å². The van der Waals surface area contributed by atoms with Crippen molar-refractivity contribution in [2.45, 2.75) is 13.5 Å². The summed E-state index contributed by atoms with van der Waals surface area (Å²) in [4.78, 5) is 23.2. The van der Waals surface area contributed by atoms with Gasteiger partial charge in [0.15, 0.2) is 0 Å². The molecular weight excluding hydrogens is 235 g/mol. The van der Waals surface area contributed by atoms with Gasteiger partial charge in [-0.1, -0.05) is 0 Å². The molecule has 18 heavy (non-hydrogen) atoms. The number of hydrogen-bond donors (Lipinski definition) is 1. The molecule has 0 aromatic carbocycles. The highest BCUT2D eigenvalue weighted by Crippen LogP contribution is 2.04. The van der Waals surface area contributed by atoms with E-state index in [0.717, 1.165) is 6.20 Å². The zero-order valence-electron chi connectivity index (χ0n) is 9.72. The maximum Gasteiger partial charge on any atom is 0.254 e. The number of aryl methyl sites for hydroxylation is 1. The smallest absolute Gasteiger partial charge is 0.254 e. The van der Waals surface area contributed by atoms with Gasteiger partial charge in [0.2, 0.25) is 0 Å². The number of rotatable bonds is 3. The van der Waals surface area contributed by atoms with Gasteiger partial charge >= 0.3 is 0 Å². The molecule has 0 saturated carbocycles. The molecule has 0 aliphatic rings. The molecule has 0 aliphatic carbocycles. The highest BCUT2D eigenvalue weighted by Gasteiger charge is 2.07. The summed E-state index contributed by atoms with van der Waals surface area (Å²) in [7, 11) is 0. The second-order valence-electron chi connectivity index (χ2n) is 3.67. The average Bonchev–Trinajstić information content (AvgIpc) is 2.38. The summed E-state index contributed by atoms with van der Waals surface area (Å²) in [6.45, 7) is 1.83. The third-order valence-electron chi connectivity index (χ3n) is 2.34. The normalized spacial score (nSPS) is 10.1. The average molecular weight is 246 g/mol. The summed E-state index contributed by atoms with van der Waals surface area (Å²) in [6, 6.07) is 1.52. The van der Waals surface area contributed by atoms with Gasteiger partial charge in [-0.3, -0.25) is 9.78 Å². The van der Waals surface area contributed by atoms with E-state index in [1.165, 1.54) is 24.7 Å². The van der Waals surface area contributed by atoms with Gasteiger partial charge in [0.05, 0.1) is 11.8 Å². The molecule has 2 aromatic rings. The standard InChI is InChI=1S/C12H11FN4O/c1-8-15-5-10(6-16-8)12(18)17-4-9-2-3-14-7-11(9)13/h2-3,5-7H,4H2,1H3,(H,17,18). The van der Waals surface area contributed by atoms with Crippen molar-refractivity contribution in [3.05, 3.63) is 53.6 Å². The highest BCUT2D eigenvalue weighted by atomic mass is 19.1. The second kappa shape index (κ2) is 5.31. The summed E-state index contributed by atoms with van der Waals surface area (Å²) < 4.78 is 13.3. The summed E-state index contributed by atoms with van der Waals surface area (Å²) in [6.07, 6.45) is 5.44.